The van der Waals surface area contributed by atoms with Crippen molar-refractivity contribution in [1.29, 1.82) is 0 Å². The Hall–Kier alpha value is -2.60. The van der Waals surface area contributed by atoms with Crippen LogP contribution in [0, 0.1) is 0 Å². The number of aryl methyl sites for hydroxylation is 1. The van der Waals surface area contributed by atoms with Crippen LogP contribution in [0.1, 0.15) is 24.7 Å². The Morgan fingerprint density at radius 2 is 1.96 bits per heavy atom. The molecular weight excluding hydrogens is 296 g/mol. The molecular formula is C17H20N2O4. The summed E-state index contributed by atoms with van der Waals surface area (Å²) in [6.07, 6.45) is 2.27. The number of rotatable bonds is 8. The third kappa shape index (κ3) is 5.27. The van der Waals surface area contributed by atoms with Crippen molar-refractivity contribution in [2.24, 2.45) is 0 Å². The summed E-state index contributed by atoms with van der Waals surface area (Å²) in [6, 6.07) is 9.96. The van der Waals surface area contributed by atoms with E-state index in [1.54, 1.807) is 12.1 Å². The molecule has 0 aliphatic rings. The summed E-state index contributed by atoms with van der Waals surface area (Å²) in [5.74, 6) is -0.812. The predicted molar refractivity (Wildman–Crippen MR) is 86.0 cm³/mol. The van der Waals surface area contributed by atoms with Crippen LogP contribution in [0.15, 0.2) is 47.1 Å². The number of aliphatic carboxylic acids is 1. The zero-order valence-electron chi connectivity index (χ0n) is 12.9. The van der Waals surface area contributed by atoms with Crippen molar-refractivity contribution in [2.75, 3.05) is 5.32 Å². The number of carboxylic acid groups (broad SMARTS) is 1. The molecule has 0 bridgehead atoms. The van der Waals surface area contributed by atoms with Crippen molar-refractivity contribution in [1.82, 2.24) is 5.32 Å². The summed E-state index contributed by atoms with van der Waals surface area (Å²) in [4.78, 5) is 23.3. The highest BCUT2D eigenvalue weighted by molar-refractivity contribution is 5.94. The Morgan fingerprint density at radius 3 is 2.52 bits per heavy atom. The van der Waals surface area contributed by atoms with Gasteiger partial charge in [-0.15, -0.1) is 0 Å². The van der Waals surface area contributed by atoms with Gasteiger partial charge in [0.1, 0.15) is 11.8 Å². The molecule has 0 aliphatic carbocycles. The maximum Gasteiger partial charge on any atom is 0.321 e. The summed E-state index contributed by atoms with van der Waals surface area (Å²) < 4.78 is 5.13. The number of carbonyl (C=O) groups excluding carboxylic acids is 1. The lowest BCUT2D eigenvalue weighted by molar-refractivity contribution is -0.141. The van der Waals surface area contributed by atoms with Gasteiger partial charge < -0.3 is 14.8 Å². The topological polar surface area (TPSA) is 91.6 Å². The van der Waals surface area contributed by atoms with Crippen LogP contribution in [0.3, 0.4) is 0 Å². The standard InChI is InChI=1S/C17H20N2O4/c1-2-12-5-7-13(8-6-12)19-16(20)10-15(17(21)22)18-11-14-4-3-9-23-14/h3-9,15,18H,2,10-11H2,1H3,(H,19,20)(H,21,22)/t15-/m1/s1. The highest BCUT2D eigenvalue weighted by atomic mass is 16.4. The molecule has 6 heteroatoms. The van der Waals surface area contributed by atoms with E-state index in [1.807, 2.05) is 24.3 Å². The number of carbonyl (C=O) groups is 2. The number of hydrogen-bond donors (Lipinski definition) is 3. The molecule has 0 spiro atoms. The fraction of sp³-hybridized carbons (Fsp3) is 0.294. The summed E-state index contributed by atoms with van der Waals surface area (Å²) in [7, 11) is 0. The van der Waals surface area contributed by atoms with E-state index in [0.717, 1.165) is 6.42 Å². The first-order chi connectivity index (χ1) is 11.1. The normalized spacial score (nSPS) is 11.9. The van der Waals surface area contributed by atoms with Gasteiger partial charge in [0.15, 0.2) is 0 Å². The Morgan fingerprint density at radius 1 is 1.22 bits per heavy atom. The lowest BCUT2D eigenvalue weighted by Gasteiger charge is -2.13. The van der Waals surface area contributed by atoms with Crippen molar-refractivity contribution in [2.45, 2.75) is 32.4 Å². The van der Waals surface area contributed by atoms with E-state index in [2.05, 4.69) is 17.6 Å². The van der Waals surface area contributed by atoms with Crippen LogP contribution in [0.4, 0.5) is 5.69 Å². The zero-order valence-corrected chi connectivity index (χ0v) is 12.9. The second-order valence-corrected chi connectivity index (χ2v) is 5.15. The molecule has 1 aromatic heterocycles. The molecule has 122 valence electrons. The first-order valence-corrected chi connectivity index (χ1v) is 7.46. The van der Waals surface area contributed by atoms with Gasteiger partial charge in [-0.1, -0.05) is 19.1 Å². The number of carboxylic acids is 1. The average Bonchev–Trinajstić information content (AvgIpc) is 3.05. The molecule has 1 heterocycles. The number of amides is 1. The van der Waals surface area contributed by atoms with Crippen molar-refractivity contribution >= 4 is 17.6 Å². The second-order valence-electron chi connectivity index (χ2n) is 5.15. The highest BCUT2D eigenvalue weighted by Gasteiger charge is 2.21. The quantitative estimate of drug-likeness (QED) is 0.695. The highest BCUT2D eigenvalue weighted by Crippen LogP contribution is 2.11. The molecule has 1 amide bonds. The van der Waals surface area contributed by atoms with Crippen molar-refractivity contribution in [3.8, 4) is 0 Å². The van der Waals surface area contributed by atoms with Gasteiger partial charge in [0, 0.05) is 5.69 Å². The van der Waals surface area contributed by atoms with Crippen LogP contribution in [0.2, 0.25) is 0 Å². The zero-order chi connectivity index (χ0) is 16.7. The molecule has 0 radical (unpaired) electrons. The second kappa shape index (κ2) is 8.14. The van der Waals surface area contributed by atoms with E-state index < -0.39 is 12.0 Å². The number of anilines is 1. The largest absolute Gasteiger partial charge is 0.480 e. The molecule has 0 saturated heterocycles. The molecule has 6 nitrogen and oxygen atoms in total. The summed E-state index contributed by atoms with van der Waals surface area (Å²) >= 11 is 0. The van der Waals surface area contributed by atoms with Crippen molar-refractivity contribution in [3.63, 3.8) is 0 Å². The molecule has 3 N–H and O–H groups in total. The number of furan rings is 1. The van der Waals surface area contributed by atoms with Gasteiger partial charge in [0.25, 0.3) is 0 Å². The molecule has 1 aromatic carbocycles. The number of nitrogens with one attached hydrogen (secondary N) is 2. The van der Waals surface area contributed by atoms with Crippen LogP contribution in [-0.4, -0.2) is 23.0 Å². The molecule has 2 aromatic rings. The Bertz CT molecular complexity index is 635. The van der Waals surface area contributed by atoms with E-state index in [1.165, 1.54) is 11.8 Å². The molecule has 0 saturated carbocycles. The maximum absolute atomic E-state index is 12.0. The van der Waals surface area contributed by atoms with Crippen LogP contribution in [0.25, 0.3) is 0 Å². The molecule has 1 atom stereocenters. The van der Waals surface area contributed by atoms with Crippen LogP contribution in [-0.2, 0) is 22.6 Å². The monoisotopic (exact) mass is 316 g/mol. The van der Waals surface area contributed by atoms with Crippen LogP contribution < -0.4 is 10.6 Å². The number of hydrogen-bond acceptors (Lipinski definition) is 4. The average molecular weight is 316 g/mol. The third-order valence-corrected chi connectivity index (χ3v) is 3.44. The minimum Gasteiger partial charge on any atom is -0.480 e. The van der Waals surface area contributed by atoms with Gasteiger partial charge in [0.2, 0.25) is 5.91 Å². The van der Waals surface area contributed by atoms with Gasteiger partial charge in [-0.25, -0.2) is 0 Å². The molecule has 23 heavy (non-hydrogen) atoms. The molecule has 0 fully saturated rings. The van der Waals surface area contributed by atoms with Gasteiger partial charge in [-0.05, 0) is 36.2 Å². The number of benzene rings is 1. The first kappa shape index (κ1) is 16.8. The minimum atomic E-state index is -1.08. The van der Waals surface area contributed by atoms with Gasteiger partial charge in [0.05, 0.1) is 19.2 Å². The van der Waals surface area contributed by atoms with Crippen molar-refractivity contribution < 1.29 is 19.1 Å². The van der Waals surface area contributed by atoms with Crippen LogP contribution in [0.5, 0.6) is 0 Å². The third-order valence-electron chi connectivity index (χ3n) is 3.44. The lowest BCUT2D eigenvalue weighted by atomic mass is 10.1. The SMILES string of the molecule is CCc1ccc(NC(=O)C[C@@H](NCc2ccco2)C(=O)O)cc1. The van der Waals surface area contributed by atoms with Gasteiger partial charge >= 0.3 is 5.97 Å². The van der Waals surface area contributed by atoms with Gasteiger partial charge in [-0.3, -0.25) is 14.9 Å². The maximum atomic E-state index is 12.0. The Kier molecular flexibility index (Phi) is 5.94. The van der Waals surface area contributed by atoms with Crippen LogP contribution >= 0.6 is 0 Å². The summed E-state index contributed by atoms with van der Waals surface area (Å²) in [5, 5.41) is 14.7. The van der Waals surface area contributed by atoms with E-state index in [9.17, 15) is 14.7 Å². The fourth-order valence-electron chi connectivity index (χ4n) is 2.10. The first-order valence-electron chi connectivity index (χ1n) is 7.46. The fourth-order valence-corrected chi connectivity index (χ4v) is 2.10. The smallest absolute Gasteiger partial charge is 0.321 e. The van der Waals surface area contributed by atoms with E-state index in [-0.39, 0.29) is 18.9 Å². The predicted octanol–water partition coefficient (Wildman–Crippen LogP) is 2.41. The van der Waals surface area contributed by atoms with E-state index in [0.29, 0.717) is 11.4 Å². The molecule has 0 aliphatic heterocycles. The summed E-state index contributed by atoms with van der Waals surface area (Å²) in [6.45, 7) is 2.30. The summed E-state index contributed by atoms with van der Waals surface area (Å²) in [5.41, 5.74) is 1.83. The molecule has 0 unspecified atom stereocenters. The minimum absolute atomic E-state index is 0.161. The van der Waals surface area contributed by atoms with E-state index >= 15 is 0 Å². The van der Waals surface area contributed by atoms with Gasteiger partial charge in [-0.2, -0.15) is 0 Å². The Balaban J connectivity index is 1.87. The van der Waals surface area contributed by atoms with E-state index in [4.69, 9.17) is 4.42 Å². The Labute approximate surface area is 134 Å². The lowest BCUT2D eigenvalue weighted by Crippen LogP contribution is -2.39. The van der Waals surface area contributed by atoms with Crippen molar-refractivity contribution in [3.05, 3.63) is 54.0 Å². The molecule has 2 rings (SSSR count).